The van der Waals surface area contributed by atoms with E-state index in [1.165, 1.54) is 19.3 Å². The molecule has 3 nitrogen and oxygen atoms in total. The third-order valence-electron chi connectivity index (χ3n) is 4.33. The molecule has 2 unspecified atom stereocenters. The molecular formula is C14H18ClN3. The maximum absolute atomic E-state index is 7.71. The van der Waals surface area contributed by atoms with Gasteiger partial charge in [0.05, 0.1) is 10.6 Å². The van der Waals surface area contributed by atoms with Crippen molar-refractivity contribution in [3.8, 4) is 0 Å². The Labute approximate surface area is 112 Å². The van der Waals surface area contributed by atoms with Crippen LogP contribution in [0.2, 0.25) is 5.02 Å². The predicted octanol–water partition coefficient (Wildman–Crippen LogP) is 2.86. The Bertz CT molecular complexity index is 474. The monoisotopic (exact) mass is 263 g/mol. The van der Waals surface area contributed by atoms with Crippen LogP contribution in [-0.2, 0) is 0 Å². The lowest BCUT2D eigenvalue weighted by atomic mass is 10.0. The van der Waals surface area contributed by atoms with E-state index in [0.717, 1.165) is 30.6 Å². The van der Waals surface area contributed by atoms with Gasteiger partial charge >= 0.3 is 0 Å². The van der Waals surface area contributed by atoms with Crippen LogP contribution in [-0.4, -0.2) is 18.9 Å². The van der Waals surface area contributed by atoms with E-state index >= 15 is 0 Å². The fraction of sp³-hybridized carbons (Fsp3) is 0.500. The zero-order valence-corrected chi connectivity index (χ0v) is 11.1. The molecule has 96 valence electrons. The van der Waals surface area contributed by atoms with Gasteiger partial charge in [-0.25, -0.2) is 0 Å². The minimum atomic E-state index is 0.0626. The average Bonchev–Trinajstić information content (AvgIpc) is 2.87. The Morgan fingerprint density at radius 3 is 2.56 bits per heavy atom. The zero-order valence-electron chi connectivity index (χ0n) is 10.3. The van der Waals surface area contributed by atoms with Gasteiger partial charge in [-0.3, -0.25) is 5.41 Å². The normalized spacial score (nSPS) is 26.4. The lowest BCUT2D eigenvalue weighted by Crippen LogP contribution is -2.25. The quantitative estimate of drug-likeness (QED) is 0.637. The van der Waals surface area contributed by atoms with Gasteiger partial charge in [0.2, 0.25) is 0 Å². The number of rotatable bonds is 2. The lowest BCUT2D eigenvalue weighted by Gasteiger charge is -2.23. The van der Waals surface area contributed by atoms with Crippen LogP contribution in [0.5, 0.6) is 0 Å². The number of hydrogen-bond acceptors (Lipinski definition) is 2. The first-order valence-corrected chi connectivity index (χ1v) is 6.92. The smallest absolute Gasteiger partial charge is 0.126 e. The van der Waals surface area contributed by atoms with Crippen LogP contribution in [0.3, 0.4) is 0 Å². The van der Waals surface area contributed by atoms with Crippen molar-refractivity contribution in [2.45, 2.75) is 19.3 Å². The van der Waals surface area contributed by atoms with Gasteiger partial charge in [-0.15, -0.1) is 0 Å². The molecule has 1 aromatic carbocycles. The molecule has 0 spiro atoms. The highest BCUT2D eigenvalue weighted by atomic mass is 35.5. The first-order valence-electron chi connectivity index (χ1n) is 6.54. The summed E-state index contributed by atoms with van der Waals surface area (Å²) >= 11 is 6.18. The highest BCUT2D eigenvalue weighted by Gasteiger charge is 2.36. The number of nitrogens with two attached hydrogens (primary N) is 1. The Hall–Kier alpha value is -1.22. The Morgan fingerprint density at radius 2 is 1.94 bits per heavy atom. The summed E-state index contributed by atoms with van der Waals surface area (Å²) in [6.45, 7) is 2.18. The molecule has 18 heavy (non-hydrogen) atoms. The minimum absolute atomic E-state index is 0.0626. The third-order valence-corrected chi connectivity index (χ3v) is 4.64. The number of amidine groups is 1. The van der Waals surface area contributed by atoms with E-state index in [1.807, 2.05) is 12.1 Å². The molecule has 0 aromatic heterocycles. The van der Waals surface area contributed by atoms with Crippen molar-refractivity contribution < 1.29 is 0 Å². The van der Waals surface area contributed by atoms with Crippen LogP contribution in [0.4, 0.5) is 5.69 Å². The molecule has 3 N–H and O–H groups in total. The molecule has 0 amide bonds. The number of halogens is 1. The topological polar surface area (TPSA) is 53.1 Å². The Kier molecular flexibility index (Phi) is 2.94. The van der Waals surface area contributed by atoms with E-state index in [2.05, 4.69) is 4.90 Å². The molecule has 1 saturated carbocycles. The van der Waals surface area contributed by atoms with Gasteiger partial charge in [0.1, 0.15) is 5.84 Å². The van der Waals surface area contributed by atoms with E-state index in [1.54, 1.807) is 6.07 Å². The number of hydrogen-bond donors (Lipinski definition) is 2. The molecule has 1 aromatic rings. The molecule has 1 heterocycles. The van der Waals surface area contributed by atoms with Gasteiger partial charge in [-0.2, -0.15) is 0 Å². The molecule has 2 fully saturated rings. The van der Waals surface area contributed by atoms with E-state index in [-0.39, 0.29) is 5.84 Å². The molecule has 2 atom stereocenters. The minimum Gasteiger partial charge on any atom is -0.384 e. The van der Waals surface area contributed by atoms with E-state index in [4.69, 9.17) is 22.7 Å². The average molecular weight is 264 g/mol. The fourth-order valence-corrected chi connectivity index (χ4v) is 3.75. The lowest BCUT2D eigenvalue weighted by molar-refractivity contribution is 0.494. The highest BCUT2D eigenvalue weighted by Crippen LogP contribution is 2.41. The summed E-state index contributed by atoms with van der Waals surface area (Å²) in [4.78, 5) is 2.36. The molecule has 4 heteroatoms. The first kappa shape index (κ1) is 11.8. The summed E-state index contributed by atoms with van der Waals surface area (Å²) in [7, 11) is 0. The van der Waals surface area contributed by atoms with Crippen molar-refractivity contribution in [3.05, 3.63) is 28.8 Å². The SMILES string of the molecule is N=C(N)c1c(Cl)cccc1N1CC2CCCC2C1. The molecule has 2 aliphatic rings. The molecule has 1 saturated heterocycles. The van der Waals surface area contributed by atoms with Gasteiger partial charge in [0.25, 0.3) is 0 Å². The Balaban J connectivity index is 1.93. The summed E-state index contributed by atoms with van der Waals surface area (Å²) in [5.41, 5.74) is 7.40. The summed E-state index contributed by atoms with van der Waals surface area (Å²) in [6.07, 6.45) is 4.06. The van der Waals surface area contributed by atoms with Gasteiger partial charge in [0.15, 0.2) is 0 Å². The number of nitrogens with one attached hydrogen (secondary N) is 1. The van der Waals surface area contributed by atoms with Crippen LogP contribution in [0.15, 0.2) is 18.2 Å². The van der Waals surface area contributed by atoms with Crippen LogP contribution in [0.25, 0.3) is 0 Å². The number of fused-ring (bicyclic) bond motifs is 1. The second-order valence-electron chi connectivity index (χ2n) is 5.40. The van der Waals surface area contributed by atoms with E-state index in [0.29, 0.717) is 10.6 Å². The molecule has 0 radical (unpaired) electrons. The van der Waals surface area contributed by atoms with Gasteiger partial charge < -0.3 is 10.6 Å². The van der Waals surface area contributed by atoms with Crippen molar-refractivity contribution in [1.29, 1.82) is 5.41 Å². The summed E-state index contributed by atoms with van der Waals surface area (Å²) in [5.74, 6) is 1.71. The van der Waals surface area contributed by atoms with Crippen LogP contribution in [0.1, 0.15) is 24.8 Å². The van der Waals surface area contributed by atoms with Gasteiger partial charge in [-0.05, 0) is 36.8 Å². The standard InChI is InChI=1S/C14H18ClN3/c15-11-5-2-6-12(13(11)14(16)17)18-7-9-3-1-4-10(9)8-18/h2,5-6,9-10H,1,3-4,7-8H2,(H3,16,17). The predicted molar refractivity (Wildman–Crippen MR) is 75.5 cm³/mol. The Morgan fingerprint density at radius 1 is 1.28 bits per heavy atom. The maximum Gasteiger partial charge on any atom is 0.126 e. The van der Waals surface area contributed by atoms with Crippen molar-refractivity contribution in [2.24, 2.45) is 17.6 Å². The fourth-order valence-electron chi connectivity index (χ4n) is 3.47. The molecule has 1 aliphatic heterocycles. The van der Waals surface area contributed by atoms with Crippen LogP contribution >= 0.6 is 11.6 Å². The summed E-state index contributed by atoms with van der Waals surface area (Å²) in [6, 6.07) is 5.78. The summed E-state index contributed by atoms with van der Waals surface area (Å²) in [5, 5.41) is 8.29. The van der Waals surface area contributed by atoms with Gasteiger partial charge in [-0.1, -0.05) is 24.1 Å². The number of nitrogens with zero attached hydrogens (tertiary/aromatic N) is 1. The maximum atomic E-state index is 7.71. The zero-order chi connectivity index (χ0) is 12.7. The summed E-state index contributed by atoms with van der Waals surface area (Å²) < 4.78 is 0. The first-order chi connectivity index (χ1) is 8.66. The molecule has 1 aliphatic carbocycles. The number of nitrogen functional groups attached to an aromatic ring is 1. The van der Waals surface area contributed by atoms with E-state index < -0.39 is 0 Å². The van der Waals surface area contributed by atoms with Crippen molar-refractivity contribution >= 4 is 23.1 Å². The molecular weight excluding hydrogens is 246 g/mol. The van der Waals surface area contributed by atoms with Crippen molar-refractivity contribution in [3.63, 3.8) is 0 Å². The van der Waals surface area contributed by atoms with E-state index in [9.17, 15) is 0 Å². The molecule has 0 bridgehead atoms. The second-order valence-corrected chi connectivity index (χ2v) is 5.81. The van der Waals surface area contributed by atoms with Crippen LogP contribution in [0, 0.1) is 17.2 Å². The highest BCUT2D eigenvalue weighted by molar-refractivity contribution is 6.34. The molecule has 3 rings (SSSR count). The third kappa shape index (κ3) is 1.87. The number of anilines is 1. The van der Waals surface area contributed by atoms with Crippen molar-refractivity contribution in [2.75, 3.05) is 18.0 Å². The van der Waals surface area contributed by atoms with Crippen molar-refractivity contribution in [1.82, 2.24) is 0 Å². The second kappa shape index (κ2) is 4.47. The largest absolute Gasteiger partial charge is 0.384 e. The number of benzene rings is 1. The van der Waals surface area contributed by atoms with Crippen LogP contribution < -0.4 is 10.6 Å². The van der Waals surface area contributed by atoms with Gasteiger partial charge in [0, 0.05) is 18.8 Å².